The summed E-state index contributed by atoms with van der Waals surface area (Å²) in [6.45, 7) is 1.01. The van der Waals surface area contributed by atoms with Crippen LogP contribution in [-0.4, -0.2) is 25.9 Å². The molecule has 1 aromatic carbocycles. The lowest BCUT2D eigenvalue weighted by Gasteiger charge is -2.23. The van der Waals surface area contributed by atoms with E-state index >= 15 is 0 Å². The number of hydrogen-bond acceptors (Lipinski definition) is 4. The van der Waals surface area contributed by atoms with Gasteiger partial charge in [-0.2, -0.15) is 0 Å². The van der Waals surface area contributed by atoms with Crippen molar-refractivity contribution in [3.8, 4) is 5.75 Å². The fourth-order valence-corrected chi connectivity index (χ4v) is 2.77. The van der Waals surface area contributed by atoms with Crippen LogP contribution in [0.15, 0.2) is 73.3 Å². The third-order valence-corrected chi connectivity index (χ3v) is 4.17. The van der Waals surface area contributed by atoms with Crippen LogP contribution in [-0.2, 0) is 24.3 Å². The SMILES string of the molecule is O=C(CCc1ccccc1O)N(Cc1ccncc1)Cc1cccnc1. The van der Waals surface area contributed by atoms with Gasteiger partial charge in [0, 0.05) is 44.3 Å². The van der Waals surface area contributed by atoms with Crippen LogP contribution in [0.4, 0.5) is 0 Å². The third-order valence-electron chi connectivity index (χ3n) is 4.17. The first kappa shape index (κ1) is 17.6. The summed E-state index contributed by atoms with van der Waals surface area (Å²) in [7, 11) is 0. The summed E-state index contributed by atoms with van der Waals surface area (Å²) < 4.78 is 0. The van der Waals surface area contributed by atoms with Gasteiger partial charge in [0.25, 0.3) is 0 Å². The van der Waals surface area contributed by atoms with E-state index in [0.29, 0.717) is 25.9 Å². The molecule has 0 aliphatic heterocycles. The van der Waals surface area contributed by atoms with Crippen LogP contribution in [0.3, 0.4) is 0 Å². The molecule has 2 aromatic heterocycles. The van der Waals surface area contributed by atoms with Crippen molar-refractivity contribution in [2.75, 3.05) is 0 Å². The van der Waals surface area contributed by atoms with Gasteiger partial charge in [0.2, 0.25) is 5.91 Å². The van der Waals surface area contributed by atoms with Crippen LogP contribution < -0.4 is 0 Å². The first-order chi connectivity index (χ1) is 12.7. The Bertz CT molecular complexity index is 797. The highest BCUT2D eigenvalue weighted by molar-refractivity contribution is 5.76. The van der Waals surface area contributed by atoms with Gasteiger partial charge in [0.05, 0.1) is 0 Å². The van der Waals surface area contributed by atoms with E-state index in [1.165, 1.54) is 0 Å². The molecule has 0 spiro atoms. The average molecular weight is 347 g/mol. The molecule has 1 amide bonds. The van der Waals surface area contributed by atoms with Crippen molar-refractivity contribution in [3.05, 3.63) is 90.0 Å². The fraction of sp³-hybridized carbons (Fsp3) is 0.190. The van der Waals surface area contributed by atoms with Gasteiger partial charge in [0.15, 0.2) is 0 Å². The Labute approximate surface area is 153 Å². The van der Waals surface area contributed by atoms with E-state index in [0.717, 1.165) is 16.7 Å². The molecule has 0 aliphatic carbocycles. The Morgan fingerprint density at radius 2 is 1.65 bits per heavy atom. The second-order valence-corrected chi connectivity index (χ2v) is 6.10. The third kappa shape index (κ3) is 4.89. The van der Waals surface area contributed by atoms with Crippen molar-refractivity contribution in [2.24, 2.45) is 0 Å². The van der Waals surface area contributed by atoms with Crippen molar-refractivity contribution in [1.29, 1.82) is 0 Å². The Balaban J connectivity index is 1.71. The first-order valence-electron chi connectivity index (χ1n) is 8.55. The maximum Gasteiger partial charge on any atom is 0.223 e. The Morgan fingerprint density at radius 1 is 0.885 bits per heavy atom. The molecule has 2 heterocycles. The van der Waals surface area contributed by atoms with E-state index in [4.69, 9.17) is 0 Å². The number of phenols is 1. The lowest BCUT2D eigenvalue weighted by Crippen LogP contribution is -2.30. The van der Waals surface area contributed by atoms with Gasteiger partial charge in [-0.3, -0.25) is 14.8 Å². The van der Waals surface area contributed by atoms with E-state index in [1.807, 2.05) is 41.3 Å². The average Bonchev–Trinajstić information content (AvgIpc) is 2.68. The zero-order chi connectivity index (χ0) is 18.2. The predicted octanol–water partition coefficient (Wildman–Crippen LogP) is 3.34. The highest BCUT2D eigenvalue weighted by Gasteiger charge is 2.15. The minimum atomic E-state index is 0.0360. The van der Waals surface area contributed by atoms with E-state index in [-0.39, 0.29) is 11.7 Å². The molecule has 3 rings (SSSR count). The number of carbonyl (C=O) groups excluding carboxylic acids is 1. The zero-order valence-electron chi connectivity index (χ0n) is 14.5. The lowest BCUT2D eigenvalue weighted by atomic mass is 10.1. The summed E-state index contributed by atoms with van der Waals surface area (Å²) in [4.78, 5) is 22.8. The summed E-state index contributed by atoms with van der Waals surface area (Å²) in [5, 5.41) is 9.89. The van der Waals surface area contributed by atoms with Crippen molar-refractivity contribution in [1.82, 2.24) is 14.9 Å². The number of rotatable bonds is 7. The van der Waals surface area contributed by atoms with E-state index in [1.54, 1.807) is 36.9 Å². The highest BCUT2D eigenvalue weighted by atomic mass is 16.3. The van der Waals surface area contributed by atoms with Gasteiger partial charge in [-0.25, -0.2) is 0 Å². The summed E-state index contributed by atoms with van der Waals surface area (Å²) in [6, 6.07) is 14.8. The predicted molar refractivity (Wildman–Crippen MR) is 99.2 cm³/mol. The molecule has 0 bridgehead atoms. The van der Waals surface area contributed by atoms with Gasteiger partial charge in [-0.05, 0) is 47.4 Å². The normalized spacial score (nSPS) is 10.5. The van der Waals surface area contributed by atoms with E-state index in [2.05, 4.69) is 9.97 Å². The number of para-hydroxylation sites is 1. The molecule has 0 unspecified atom stereocenters. The summed E-state index contributed by atoms with van der Waals surface area (Å²) in [5.41, 5.74) is 2.79. The number of phenolic OH excluding ortho intramolecular Hbond substituents is 1. The number of amides is 1. The molecule has 1 N–H and O–H groups in total. The van der Waals surface area contributed by atoms with Crippen molar-refractivity contribution in [2.45, 2.75) is 25.9 Å². The molecule has 5 heteroatoms. The van der Waals surface area contributed by atoms with E-state index < -0.39 is 0 Å². The van der Waals surface area contributed by atoms with Gasteiger partial charge < -0.3 is 10.0 Å². The Kier molecular flexibility index (Phi) is 5.93. The van der Waals surface area contributed by atoms with Crippen LogP contribution in [0.5, 0.6) is 5.75 Å². The number of pyridine rings is 2. The topological polar surface area (TPSA) is 66.3 Å². The first-order valence-corrected chi connectivity index (χ1v) is 8.55. The molecule has 0 saturated carbocycles. The van der Waals surface area contributed by atoms with Gasteiger partial charge in [-0.15, -0.1) is 0 Å². The van der Waals surface area contributed by atoms with Crippen molar-refractivity contribution in [3.63, 3.8) is 0 Å². The largest absolute Gasteiger partial charge is 0.508 e. The Hall–Kier alpha value is -3.21. The molecule has 5 nitrogen and oxygen atoms in total. The van der Waals surface area contributed by atoms with Crippen LogP contribution >= 0.6 is 0 Å². The molecule has 26 heavy (non-hydrogen) atoms. The molecule has 0 saturated heterocycles. The smallest absolute Gasteiger partial charge is 0.223 e. The molecule has 3 aromatic rings. The summed E-state index contributed by atoms with van der Waals surface area (Å²) in [6.07, 6.45) is 7.79. The van der Waals surface area contributed by atoms with E-state index in [9.17, 15) is 9.90 Å². The van der Waals surface area contributed by atoms with Gasteiger partial charge >= 0.3 is 0 Å². The van der Waals surface area contributed by atoms with Crippen LogP contribution in [0, 0.1) is 0 Å². The number of carbonyl (C=O) groups is 1. The molecular formula is C21H21N3O2. The highest BCUT2D eigenvalue weighted by Crippen LogP contribution is 2.18. The van der Waals surface area contributed by atoms with Gasteiger partial charge in [-0.1, -0.05) is 24.3 Å². The van der Waals surface area contributed by atoms with Crippen LogP contribution in [0.25, 0.3) is 0 Å². The quantitative estimate of drug-likeness (QED) is 0.712. The van der Waals surface area contributed by atoms with Crippen LogP contribution in [0.1, 0.15) is 23.1 Å². The minimum absolute atomic E-state index is 0.0360. The summed E-state index contributed by atoms with van der Waals surface area (Å²) >= 11 is 0. The molecule has 0 atom stereocenters. The molecule has 0 fully saturated rings. The number of aromatic hydroxyl groups is 1. The summed E-state index contributed by atoms with van der Waals surface area (Å²) in [5.74, 6) is 0.266. The number of aromatic nitrogens is 2. The molecular weight excluding hydrogens is 326 g/mol. The molecule has 0 aliphatic rings. The Morgan fingerprint density at radius 3 is 2.38 bits per heavy atom. The van der Waals surface area contributed by atoms with Gasteiger partial charge in [0.1, 0.15) is 5.75 Å². The van der Waals surface area contributed by atoms with Crippen molar-refractivity contribution < 1.29 is 9.90 Å². The molecule has 132 valence electrons. The lowest BCUT2D eigenvalue weighted by molar-refractivity contribution is -0.132. The number of nitrogens with zero attached hydrogens (tertiary/aromatic N) is 3. The zero-order valence-corrected chi connectivity index (χ0v) is 14.5. The second-order valence-electron chi connectivity index (χ2n) is 6.10. The van der Waals surface area contributed by atoms with Crippen LogP contribution in [0.2, 0.25) is 0 Å². The maximum atomic E-state index is 12.8. The number of benzene rings is 1. The minimum Gasteiger partial charge on any atom is -0.508 e. The standard InChI is InChI=1S/C21H21N3O2/c25-20-6-2-1-5-19(20)7-8-21(26)24(15-17-9-12-22-13-10-17)16-18-4-3-11-23-14-18/h1-6,9-14,25H,7-8,15-16H2. The fourth-order valence-electron chi connectivity index (χ4n) is 2.77. The number of aryl methyl sites for hydroxylation is 1. The monoisotopic (exact) mass is 347 g/mol. The van der Waals surface area contributed by atoms with Crippen molar-refractivity contribution >= 4 is 5.91 Å². The maximum absolute atomic E-state index is 12.8. The number of hydrogen-bond donors (Lipinski definition) is 1. The molecule has 0 radical (unpaired) electrons. The second kappa shape index (κ2) is 8.76.